The molecule has 0 aliphatic carbocycles. The molecule has 262 valence electrons. The van der Waals surface area contributed by atoms with Crippen molar-refractivity contribution in [2.75, 3.05) is 38.3 Å². The molecule has 2 atom stereocenters. The van der Waals surface area contributed by atoms with Crippen LogP contribution in [0.3, 0.4) is 0 Å². The van der Waals surface area contributed by atoms with E-state index in [-0.39, 0.29) is 18.8 Å². The zero-order chi connectivity index (χ0) is 35.5. The van der Waals surface area contributed by atoms with Gasteiger partial charge in [0.25, 0.3) is 0 Å². The van der Waals surface area contributed by atoms with Crippen LogP contribution in [0.4, 0.5) is 10.5 Å². The quantitative estimate of drug-likeness (QED) is 0.0614. The summed E-state index contributed by atoms with van der Waals surface area (Å²) in [6.45, 7) is 9.62. The Labute approximate surface area is 296 Å². The van der Waals surface area contributed by atoms with Crippen LogP contribution in [0.15, 0.2) is 71.0 Å². The highest BCUT2D eigenvalue weighted by Gasteiger charge is 2.32. The Morgan fingerprint density at radius 2 is 1.80 bits per heavy atom. The highest BCUT2D eigenvalue weighted by Crippen LogP contribution is 2.35. The number of anilines is 1. The standard InChI is InChI=1S/C35H41Cl2N5O7/c1-6-42(7-2)26-13-10-23(29(17-26)48-19-24-9-12-25(36)16-27(24)37)18-38-41-31(43)20-49-28-14-11-22(15-30(28)47-8-3)33-32(34(44)46-5)21(4)39-35(45)40-33/h9-18,31,33,41,43H,6-8,19-20H2,1-5H3,(H2,39,40,45)/b38-18+/t31-,33+/m1/s1. The van der Waals surface area contributed by atoms with Gasteiger partial charge in [-0.25, -0.2) is 9.59 Å². The number of aliphatic hydroxyl groups excluding tert-OH is 1. The molecule has 1 aliphatic heterocycles. The van der Waals surface area contributed by atoms with E-state index in [9.17, 15) is 14.7 Å². The normalized spacial score (nSPS) is 14.9. The lowest BCUT2D eigenvalue weighted by atomic mass is 9.95. The van der Waals surface area contributed by atoms with Crippen LogP contribution in [0, 0.1) is 0 Å². The maximum Gasteiger partial charge on any atom is 0.337 e. The number of urea groups is 1. The van der Waals surface area contributed by atoms with E-state index in [1.165, 1.54) is 7.11 Å². The number of ether oxygens (including phenoxy) is 4. The first-order chi connectivity index (χ1) is 23.6. The Morgan fingerprint density at radius 1 is 1.02 bits per heavy atom. The maximum atomic E-state index is 12.5. The molecule has 12 nitrogen and oxygen atoms in total. The molecule has 0 aromatic heterocycles. The molecule has 0 spiro atoms. The van der Waals surface area contributed by atoms with Gasteiger partial charge in [0.05, 0.1) is 31.5 Å². The highest BCUT2D eigenvalue weighted by atomic mass is 35.5. The maximum absolute atomic E-state index is 12.5. The lowest BCUT2D eigenvalue weighted by molar-refractivity contribution is -0.136. The summed E-state index contributed by atoms with van der Waals surface area (Å²) in [6, 6.07) is 14.8. The van der Waals surface area contributed by atoms with Gasteiger partial charge >= 0.3 is 12.0 Å². The SMILES string of the molecule is CCOc1cc([C@@H]2NC(=O)NC(C)=C2C(=O)OC)ccc1OC[C@@H](O)N/N=C/c1ccc(N(CC)CC)cc1OCc1ccc(Cl)cc1Cl. The molecule has 0 saturated carbocycles. The van der Waals surface area contributed by atoms with E-state index in [2.05, 4.69) is 39.9 Å². The number of esters is 1. The van der Waals surface area contributed by atoms with Crippen molar-refractivity contribution < 1.29 is 33.6 Å². The molecule has 0 saturated heterocycles. The van der Waals surface area contributed by atoms with Crippen molar-refractivity contribution in [2.24, 2.45) is 5.10 Å². The number of nitrogens with one attached hydrogen (secondary N) is 3. The summed E-state index contributed by atoms with van der Waals surface area (Å²) >= 11 is 12.4. The van der Waals surface area contributed by atoms with Crippen molar-refractivity contribution in [3.05, 3.63) is 92.6 Å². The van der Waals surface area contributed by atoms with Crippen LogP contribution in [0.25, 0.3) is 0 Å². The average Bonchev–Trinajstić information content (AvgIpc) is 3.08. The molecule has 4 rings (SSSR count). The van der Waals surface area contributed by atoms with Crippen molar-refractivity contribution in [3.63, 3.8) is 0 Å². The zero-order valence-electron chi connectivity index (χ0n) is 28.0. The number of nitrogens with zero attached hydrogens (tertiary/aromatic N) is 2. The first kappa shape index (κ1) is 37.2. The Morgan fingerprint density at radius 3 is 2.49 bits per heavy atom. The number of hydrazone groups is 1. The van der Waals surface area contributed by atoms with Crippen molar-refractivity contribution in [1.29, 1.82) is 0 Å². The largest absolute Gasteiger partial charge is 0.490 e. The minimum absolute atomic E-state index is 0.174. The topological polar surface area (TPSA) is 143 Å². The second-order valence-electron chi connectivity index (χ2n) is 10.8. The van der Waals surface area contributed by atoms with E-state index >= 15 is 0 Å². The summed E-state index contributed by atoms with van der Waals surface area (Å²) in [4.78, 5) is 26.9. The van der Waals surface area contributed by atoms with E-state index in [4.69, 9.17) is 42.1 Å². The Bertz CT molecular complexity index is 1700. The number of amides is 2. The molecule has 4 N–H and O–H groups in total. The number of hydrogen-bond acceptors (Lipinski definition) is 10. The van der Waals surface area contributed by atoms with Gasteiger partial charge in [-0.3, -0.25) is 5.43 Å². The third-order valence-corrected chi connectivity index (χ3v) is 8.21. The summed E-state index contributed by atoms with van der Waals surface area (Å²) in [5.74, 6) is 0.715. The number of carbonyl (C=O) groups excluding carboxylic acids is 2. The summed E-state index contributed by atoms with van der Waals surface area (Å²) in [7, 11) is 1.27. The van der Waals surface area contributed by atoms with Crippen LogP contribution in [0.2, 0.25) is 10.0 Å². The van der Waals surface area contributed by atoms with Gasteiger partial charge in [0, 0.05) is 51.7 Å². The van der Waals surface area contributed by atoms with E-state index in [1.54, 1.807) is 43.5 Å². The number of halogens is 2. The minimum Gasteiger partial charge on any atom is -0.490 e. The molecular weight excluding hydrogens is 673 g/mol. The first-order valence-electron chi connectivity index (χ1n) is 15.8. The summed E-state index contributed by atoms with van der Waals surface area (Å²) in [6.07, 6.45) is 0.369. The Balaban J connectivity index is 1.45. The molecule has 1 heterocycles. The van der Waals surface area contributed by atoms with E-state index in [1.807, 2.05) is 31.2 Å². The van der Waals surface area contributed by atoms with Gasteiger partial charge < -0.3 is 39.6 Å². The number of carbonyl (C=O) groups is 2. The van der Waals surface area contributed by atoms with Crippen LogP contribution in [-0.4, -0.2) is 63.0 Å². The van der Waals surface area contributed by atoms with Gasteiger partial charge in [-0.15, -0.1) is 0 Å². The zero-order valence-corrected chi connectivity index (χ0v) is 29.5. The number of benzene rings is 3. The molecule has 0 fully saturated rings. The molecule has 3 aromatic carbocycles. The fraction of sp³-hybridized carbons (Fsp3) is 0.343. The monoisotopic (exact) mass is 713 g/mol. The third-order valence-electron chi connectivity index (χ3n) is 7.62. The van der Waals surface area contributed by atoms with E-state index in [0.29, 0.717) is 50.7 Å². The number of methoxy groups -OCH3 is 1. The van der Waals surface area contributed by atoms with Crippen LogP contribution in [0.1, 0.15) is 50.4 Å². The smallest absolute Gasteiger partial charge is 0.337 e. The predicted octanol–water partition coefficient (Wildman–Crippen LogP) is 5.94. The fourth-order valence-corrected chi connectivity index (χ4v) is 5.61. The second kappa shape index (κ2) is 17.7. The molecule has 3 aromatic rings. The van der Waals surface area contributed by atoms with Crippen LogP contribution >= 0.6 is 23.2 Å². The molecular formula is C35H41Cl2N5O7. The average molecular weight is 715 g/mol. The second-order valence-corrected chi connectivity index (χ2v) is 11.7. The number of hydrogen-bond donors (Lipinski definition) is 4. The summed E-state index contributed by atoms with van der Waals surface area (Å²) in [5, 5.41) is 21.3. The van der Waals surface area contributed by atoms with Crippen molar-refractivity contribution in [1.82, 2.24) is 16.1 Å². The van der Waals surface area contributed by atoms with Crippen molar-refractivity contribution >= 4 is 47.1 Å². The van der Waals surface area contributed by atoms with Gasteiger partial charge in [0.2, 0.25) is 0 Å². The third kappa shape index (κ3) is 9.71. The Hall–Kier alpha value is -4.65. The lowest BCUT2D eigenvalue weighted by Gasteiger charge is -2.28. The van der Waals surface area contributed by atoms with E-state index in [0.717, 1.165) is 24.3 Å². The number of aliphatic hydroxyl groups is 1. The van der Waals surface area contributed by atoms with Crippen LogP contribution in [-0.2, 0) is 16.1 Å². The van der Waals surface area contributed by atoms with Crippen LogP contribution < -0.4 is 35.2 Å². The summed E-state index contributed by atoms with van der Waals surface area (Å²) in [5.41, 5.74) is 6.36. The molecule has 14 heteroatoms. The lowest BCUT2D eigenvalue weighted by Crippen LogP contribution is -2.45. The van der Waals surface area contributed by atoms with Crippen molar-refractivity contribution in [2.45, 2.75) is 46.6 Å². The van der Waals surface area contributed by atoms with Crippen LogP contribution in [0.5, 0.6) is 17.2 Å². The van der Waals surface area contributed by atoms with Gasteiger partial charge in [0.15, 0.2) is 17.7 Å². The molecule has 49 heavy (non-hydrogen) atoms. The van der Waals surface area contributed by atoms with Gasteiger partial charge in [-0.05, 0) is 69.7 Å². The fourth-order valence-electron chi connectivity index (χ4n) is 5.15. The molecule has 2 amide bonds. The molecule has 0 unspecified atom stereocenters. The highest BCUT2D eigenvalue weighted by molar-refractivity contribution is 6.35. The van der Waals surface area contributed by atoms with Gasteiger partial charge in [-0.2, -0.15) is 5.10 Å². The molecule has 0 radical (unpaired) electrons. The summed E-state index contributed by atoms with van der Waals surface area (Å²) < 4.78 is 22.8. The minimum atomic E-state index is -1.18. The Kier molecular flexibility index (Phi) is 13.4. The van der Waals surface area contributed by atoms with Gasteiger partial charge in [0.1, 0.15) is 19.0 Å². The molecule has 1 aliphatic rings. The van der Waals surface area contributed by atoms with Crippen molar-refractivity contribution in [3.8, 4) is 17.2 Å². The number of rotatable bonds is 16. The first-order valence-corrected chi connectivity index (χ1v) is 16.5. The molecule has 0 bridgehead atoms. The predicted molar refractivity (Wildman–Crippen MR) is 190 cm³/mol. The number of allylic oxidation sites excluding steroid dienone is 1. The van der Waals surface area contributed by atoms with E-state index < -0.39 is 24.3 Å². The van der Waals surface area contributed by atoms with Gasteiger partial charge in [-0.1, -0.05) is 35.3 Å².